The molecular weight excluding hydrogens is 788 g/mol. The van der Waals surface area contributed by atoms with Crippen LogP contribution in [0.2, 0.25) is 0 Å². The van der Waals surface area contributed by atoms with Gasteiger partial charge in [-0.1, -0.05) is 24.3 Å². The standard InChI is InChI=1S/C30H50N8O12P4/c1-9-43-51(39,44-10-2)27-33-25(34-28(37-27)52(40,45-11-3)46-12-4)31-21-23-18-17-19-24(20-23)22-32-26-35-29(53(41,47-13-5)48-14-6)38-30(36-26)54(42,49-15-7)50-16-8/h17-20H,9-16,21-22H2,1-8H3,(H,31,33,34,37)(H,32,35,36,38). The molecule has 2 N–H and O–H groups in total. The smallest absolute Gasteiger partial charge is 0.350 e. The molecule has 0 saturated carbocycles. The van der Waals surface area contributed by atoms with Crippen molar-refractivity contribution in [2.75, 3.05) is 63.5 Å². The lowest BCUT2D eigenvalue weighted by atomic mass is 10.1. The highest BCUT2D eigenvalue weighted by Gasteiger charge is 2.39. The van der Waals surface area contributed by atoms with Gasteiger partial charge in [-0.05, 0) is 66.5 Å². The zero-order valence-electron chi connectivity index (χ0n) is 31.8. The van der Waals surface area contributed by atoms with Gasteiger partial charge in [0.1, 0.15) is 0 Å². The van der Waals surface area contributed by atoms with Crippen molar-refractivity contribution in [1.82, 2.24) is 29.9 Å². The normalized spacial score (nSPS) is 12.6. The fraction of sp³-hybridized carbons (Fsp3) is 0.600. The van der Waals surface area contributed by atoms with Crippen molar-refractivity contribution < 1.29 is 54.5 Å². The molecule has 1 aromatic carbocycles. The molecule has 0 fully saturated rings. The van der Waals surface area contributed by atoms with Crippen LogP contribution >= 0.6 is 30.4 Å². The fourth-order valence-electron chi connectivity index (χ4n) is 4.54. The molecule has 2 heterocycles. The largest absolute Gasteiger partial charge is 0.398 e. The first-order chi connectivity index (χ1) is 25.8. The predicted molar refractivity (Wildman–Crippen MR) is 203 cm³/mol. The molecule has 0 aliphatic heterocycles. The van der Waals surface area contributed by atoms with E-state index in [0.29, 0.717) is 0 Å². The molecular formula is C30H50N8O12P4. The minimum Gasteiger partial charge on any atom is -0.350 e. The Bertz CT molecular complexity index is 1600. The van der Waals surface area contributed by atoms with Gasteiger partial charge in [-0.25, -0.2) is 0 Å². The molecule has 54 heavy (non-hydrogen) atoms. The highest BCUT2D eigenvalue weighted by Crippen LogP contribution is 2.50. The van der Waals surface area contributed by atoms with E-state index in [-0.39, 0.29) is 100 Å². The molecule has 0 spiro atoms. The Balaban J connectivity index is 1.96. The molecule has 0 saturated heterocycles. The van der Waals surface area contributed by atoms with E-state index in [1.807, 2.05) is 18.2 Å². The summed E-state index contributed by atoms with van der Waals surface area (Å²) >= 11 is 0. The molecule has 302 valence electrons. The molecule has 20 nitrogen and oxygen atoms in total. The number of anilines is 2. The average molecular weight is 839 g/mol. The molecule has 0 aliphatic rings. The molecule has 0 bridgehead atoms. The molecule has 0 amide bonds. The summed E-state index contributed by atoms with van der Waals surface area (Å²) in [6, 6.07) is 7.31. The van der Waals surface area contributed by atoms with Gasteiger partial charge in [-0.3, -0.25) is 18.3 Å². The first kappa shape index (κ1) is 45.8. The van der Waals surface area contributed by atoms with E-state index in [2.05, 4.69) is 40.5 Å². The van der Waals surface area contributed by atoms with Gasteiger partial charge >= 0.3 is 30.4 Å². The van der Waals surface area contributed by atoms with Crippen molar-refractivity contribution in [3.05, 3.63) is 35.4 Å². The van der Waals surface area contributed by atoms with Crippen molar-refractivity contribution in [2.24, 2.45) is 0 Å². The second kappa shape index (κ2) is 21.7. The second-order valence-corrected chi connectivity index (χ2v) is 18.0. The summed E-state index contributed by atoms with van der Waals surface area (Å²) in [5.74, 6) is -0.159. The van der Waals surface area contributed by atoms with Crippen LogP contribution in [0, 0.1) is 0 Å². The Kier molecular flexibility index (Phi) is 18.4. The quantitative estimate of drug-likeness (QED) is 0.103. The van der Waals surface area contributed by atoms with Gasteiger partial charge in [0.2, 0.25) is 34.2 Å². The van der Waals surface area contributed by atoms with E-state index < -0.39 is 30.4 Å². The number of hydrogen-bond donors (Lipinski definition) is 2. The summed E-state index contributed by atoms with van der Waals surface area (Å²) in [5.41, 5.74) is 0.0693. The third-order valence-electron chi connectivity index (χ3n) is 6.49. The minimum absolute atomic E-state index is 0.0281. The van der Waals surface area contributed by atoms with Crippen LogP contribution in [0.3, 0.4) is 0 Å². The van der Waals surface area contributed by atoms with E-state index in [9.17, 15) is 18.3 Å². The molecule has 3 aromatic rings. The van der Waals surface area contributed by atoms with Crippen molar-refractivity contribution in [1.29, 1.82) is 0 Å². The fourth-order valence-corrected chi connectivity index (χ4v) is 10.4. The van der Waals surface area contributed by atoms with Crippen LogP contribution in [0.15, 0.2) is 24.3 Å². The summed E-state index contributed by atoms with van der Waals surface area (Å²) in [5, 5.41) is 6.11. The van der Waals surface area contributed by atoms with Crippen molar-refractivity contribution >= 4 is 64.5 Å². The highest BCUT2D eigenvalue weighted by molar-refractivity contribution is 7.63. The van der Waals surface area contributed by atoms with Crippen LogP contribution in [-0.2, 0) is 67.5 Å². The second-order valence-electron chi connectivity index (χ2n) is 10.4. The van der Waals surface area contributed by atoms with E-state index >= 15 is 0 Å². The van der Waals surface area contributed by atoms with Crippen LogP contribution in [0.25, 0.3) is 0 Å². The van der Waals surface area contributed by atoms with Crippen LogP contribution in [0.5, 0.6) is 0 Å². The number of nitrogens with one attached hydrogen (secondary N) is 2. The summed E-state index contributed by atoms with van der Waals surface area (Å²) in [7, 11) is -16.2. The number of rotatable bonds is 26. The molecule has 0 radical (unpaired) electrons. The lowest BCUT2D eigenvalue weighted by Gasteiger charge is -2.20. The number of benzene rings is 1. The third-order valence-corrected chi connectivity index (χ3v) is 14.0. The summed E-state index contributed by atoms with van der Waals surface area (Å²) in [4.78, 5) is 25.6. The maximum absolute atomic E-state index is 13.7. The van der Waals surface area contributed by atoms with E-state index in [4.69, 9.17) is 36.2 Å². The molecule has 2 aromatic heterocycles. The van der Waals surface area contributed by atoms with E-state index in [0.717, 1.165) is 11.1 Å². The maximum Gasteiger partial charge on any atom is 0.398 e. The molecule has 0 atom stereocenters. The Morgan fingerprint density at radius 3 is 0.889 bits per heavy atom. The van der Waals surface area contributed by atoms with Crippen LogP contribution in [0.4, 0.5) is 11.9 Å². The molecule has 3 rings (SSSR count). The van der Waals surface area contributed by atoms with Crippen LogP contribution in [0.1, 0.15) is 66.5 Å². The van der Waals surface area contributed by atoms with Gasteiger partial charge in [0.15, 0.2) is 0 Å². The highest BCUT2D eigenvalue weighted by atomic mass is 31.2. The predicted octanol–water partition coefficient (Wildman–Crippen LogP) is 4.85. The lowest BCUT2D eigenvalue weighted by Crippen LogP contribution is -2.31. The maximum atomic E-state index is 13.7. The zero-order valence-corrected chi connectivity index (χ0v) is 35.3. The lowest BCUT2D eigenvalue weighted by molar-refractivity contribution is 0.225. The van der Waals surface area contributed by atoms with Crippen molar-refractivity contribution in [3.8, 4) is 0 Å². The van der Waals surface area contributed by atoms with Crippen LogP contribution < -0.4 is 32.9 Å². The summed E-state index contributed by atoms with van der Waals surface area (Å²) in [6.45, 7) is 13.6. The van der Waals surface area contributed by atoms with Gasteiger partial charge in [0.25, 0.3) is 0 Å². The number of nitrogens with zero attached hydrogens (tertiary/aromatic N) is 6. The number of hydrogen-bond acceptors (Lipinski definition) is 20. The molecule has 0 unspecified atom stereocenters. The average Bonchev–Trinajstić information content (AvgIpc) is 3.14. The minimum atomic E-state index is -4.05. The summed E-state index contributed by atoms with van der Waals surface area (Å²) in [6.07, 6.45) is 0. The van der Waals surface area contributed by atoms with Crippen molar-refractivity contribution in [2.45, 2.75) is 68.5 Å². The SMILES string of the molecule is CCOP(=O)(OCC)c1nc(NCc2cccc(CNc3nc(P(=O)(OCC)OCC)nc(P(=O)(OCC)OCC)n3)c2)nc(P(=O)(OCC)OCC)n1. The Labute approximate surface area is 315 Å². The monoisotopic (exact) mass is 838 g/mol. The Morgan fingerprint density at radius 1 is 0.426 bits per heavy atom. The van der Waals surface area contributed by atoms with E-state index in [1.165, 1.54) is 0 Å². The van der Waals surface area contributed by atoms with Crippen LogP contribution in [-0.4, -0.2) is 82.8 Å². The van der Waals surface area contributed by atoms with Gasteiger partial charge in [-0.2, -0.15) is 29.9 Å². The van der Waals surface area contributed by atoms with Gasteiger partial charge in [-0.15, -0.1) is 0 Å². The van der Waals surface area contributed by atoms with E-state index in [1.54, 1.807) is 61.5 Å². The third kappa shape index (κ3) is 12.2. The topological polar surface area (TPSA) is 244 Å². The van der Waals surface area contributed by atoms with Gasteiger partial charge < -0.3 is 46.8 Å². The zero-order chi connectivity index (χ0) is 39.8. The first-order valence-corrected chi connectivity index (χ1v) is 23.6. The number of aromatic nitrogens is 6. The molecule has 24 heteroatoms. The van der Waals surface area contributed by atoms with Gasteiger partial charge in [0, 0.05) is 13.1 Å². The van der Waals surface area contributed by atoms with Crippen molar-refractivity contribution in [3.63, 3.8) is 0 Å². The Morgan fingerprint density at radius 2 is 0.667 bits per heavy atom. The van der Waals surface area contributed by atoms with Gasteiger partial charge in [0.05, 0.1) is 52.9 Å². The summed E-state index contributed by atoms with van der Waals surface area (Å²) < 4.78 is 98.2. The first-order valence-electron chi connectivity index (χ1n) is 17.5. The molecule has 0 aliphatic carbocycles. The Hall–Kier alpha value is -2.56.